The third-order valence-corrected chi connectivity index (χ3v) is 5.41. The second-order valence-electron chi connectivity index (χ2n) is 7.79. The molecule has 0 radical (unpaired) electrons. The first-order valence-electron chi connectivity index (χ1n) is 10.2. The van der Waals surface area contributed by atoms with Crippen LogP contribution in [0.3, 0.4) is 0 Å². The molecule has 8 heteroatoms. The number of aromatic amines is 1. The molecular formula is C23H23N5O3. The number of hydrogen-bond acceptors (Lipinski definition) is 5. The minimum absolute atomic E-state index is 0.00937. The molecule has 1 aliphatic rings. The van der Waals surface area contributed by atoms with Gasteiger partial charge in [0.05, 0.1) is 30.1 Å². The molecule has 0 saturated heterocycles. The second-order valence-corrected chi connectivity index (χ2v) is 7.79. The molecule has 2 aromatic carbocycles. The molecule has 1 amide bonds. The standard InChI is InChI=1S/C23H23N5O3/c1-15(2)27(23(29)13-28-19-6-4-3-5-17(19)10-25-28)12-22-24-11-18(26-22)16-7-8-20-21(9-16)31-14-30-20/h3-11,15H,12-14H2,1-2H3,(H,24,26). The Morgan fingerprint density at radius 2 is 2.00 bits per heavy atom. The Morgan fingerprint density at radius 3 is 2.87 bits per heavy atom. The van der Waals surface area contributed by atoms with Crippen LogP contribution >= 0.6 is 0 Å². The number of nitrogens with one attached hydrogen (secondary N) is 1. The van der Waals surface area contributed by atoms with Crippen molar-refractivity contribution in [2.75, 3.05) is 6.79 Å². The number of aromatic nitrogens is 4. The van der Waals surface area contributed by atoms with Gasteiger partial charge in [-0.2, -0.15) is 5.10 Å². The quantitative estimate of drug-likeness (QED) is 0.518. The molecule has 0 bridgehead atoms. The van der Waals surface area contributed by atoms with E-state index in [0.29, 0.717) is 6.54 Å². The Labute approximate surface area is 179 Å². The fourth-order valence-electron chi connectivity index (χ4n) is 3.74. The number of benzene rings is 2. The number of carbonyl (C=O) groups is 1. The molecule has 0 unspecified atom stereocenters. The summed E-state index contributed by atoms with van der Waals surface area (Å²) in [5.41, 5.74) is 2.76. The van der Waals surface area contributed by atoms with Crippen molar-refractivity contribution in [1.29, 1.82) is 0 Å². The molecule has 0 spiro atoms. The van der Waals surface area contributed by atoms with E-state index in [-0.39, 0.29) is 25.3 Å². The number of carbonyl (C=O) groups excluding carboxylic acids is 1. The van der Waals surface area contributed by atoms with E-state index in [4.69, 9.17) is 9.47 Å². The normalized spacial score (nSPS) is 12.6. The molecule has 8 nitrogen and oxygen atoms in total. The Balaban J connectivity index is 1.33. The smallest absolute Gasteiger partial charge is 0.244 e. The highest BCUT2D eigenvalue weighted by molar-refractivity contribution is 5.82. The molecule has 0 atom stereocenters. The van der Waals surface area contributed by atoms with Gasteiger partial charge in [0.2, 0.25) is 12.7 Å². The molecule has 1 aliphatic heterocycles. The largest absolute Gasteiger partial charge is 0.454 e. The van der Waals surface area contributed by atoms with Crippen LogP contribution in [0.4, 0.5) is 0 Å². The molecule has 5 rings (SSSR count). The van der Waals surface area contributed by atoms with Gasteiger partial charge in [0, 0.05) is 17.0 Å². The SMILES string of the molecule is CC(C)N(Cc1ncc(-c2ccc3c(c2)OCO3)[nH]1)C(=O)Cn1ncc2ccccc21. The van der Waals surface area contributed by atoms with Crippen molar-refractivity contribution in [1.82, 2.24) is 24.6 Å². The van der Waals surface area contributed by atoms with E-state index in [1.165, 1.54) is 0 Å². The van der Waals surface area contributed by atoms with Crippen LogP contribution in [-0.2, 0) is 17.9 Å². The first kappa shape index (κ1) is 19.2. The molecule has 0 fully saturated rings. The molecule has 0 saturated carbocycles. The monoisotopic (exact) mass is 417 g/mol. The maximum atomic E-state index is 13.1. The number of para-hydroxylation sites is 1. The molecule has 2 aromatic heterocycles. The number of ether oxygens (including phenoxy) is 2. The van der Waals surface area contributed by atoms with E-state index in [0.717, 1.165) is 39.5 Å². The van der Waals surface area contributed by atoms with Gasteiger partial charge in [-0.05, 0) is 38.1 Å². The van der Waals surface area contributed by atoms with E-state index in [2.05, 4.69) is 15.1 Å². The number of amides is 1. The summed E-state index contributed by atoms with van der Waals surface area (Å²) in [6.45, 7) is 4.81. The maximum Gasteiger partial charge on any atom is 0.244 e. The summed E-state index contributed by atoms with van der Waals surface area (Å²) in [5.74, 6) is 2.18. The number of H-pyrrole nitrogens is 1. The fourth-order valence-corrected chi connectivity index (χ4v) is 3.74. The lowest BCUT2D eigenvalue weighted by molar-refractivity contribution is -0.134. The van der Waals surface area contributed by atoms with Crippen molar-refractivity contribution in [3.63, 3.8) is 0 Å². The van der Waals surface area contributed by atoms with Gasteiger partial charge < -0.3 is 19.4 Å². The van der Waals surface area contributed by atoms with Gasteiger partial charge in [-0.3, -0.25) is 9.48 Å². The highest BCUT2D eigenvalue weighted by Gasteiger charge is 2.21. The maximum absolute atomic E-state index is 13.1. The highest BCUT2D eigenvalue weighted by atomic mass is 16.7. The summed E-state index contributed by atoms with van der Waals surface area (Å²) >= 11 is 0. The van der Waals surface area contributed by atoms with E-state index in [1.54, 1.807) is 22.0 Å². The zero-order chi connectivity index (χ0) is 21.4. The first-order valence-corrected chi connectivity index (χ1v) is 10.2. The average molecular weight is 417 g/mol. The highest BCUT2D eigenvalue weighted by Crippen LogP contribution is 2.35. The summed E-state index contributed by atoms with van der Waals surface area (Å²) < 4.78 is 12.6. The molecule has 31 heavy (non-hydrogen) atoms. The van der Waals surface area contributed by atoms with Crippen LogP contribution in [0, 0.1) is 0 Å². The fraction of sp³-hybridized carbons (Fsp3) is 0.261. The summed E-state index contributed by atoms with van der Waals surface area (Å²) in [5, 5.41) is 5.40. The molecule has 1 N–H and O–H groups in total. The van der Waals surface area contributed by atoms with E-state index in [9.17, 15) is 4.79 Å². The average Bonchev–Trinajstić information content (AvgIpc) is 3.51. The summed E-state index contributed by atoms with van der Waals surface area (Å²) in [6, 6.07) is 13.7. The van der Waals surface area contributed by atoms with Crippen LogP contribution in [0.5, 0.6) is 11.5 Å². The minimum Gasteiger partial charge on any atom is -0.454 e. The third kappa shape index (κ3) is 3.72. The lowest BCUT2D eigenvalue weighted by Gasteiger charge is -2.26. The van der Waals surface area contributed by atoms with Crippen LogP contribution < -0.4 is 9.47 Å². The topological polar surface area (TPSA) is 85.3 Å². The van der Waals surface area contributed by atoms with Gasteiger partial charge in [-0.1, -0.05) is 18.2 Å². The molecule has 3 heterocycles. The van der Waals surface area contributed by atoms with E-state index in [1.807, 2.05) is 56.3 Å². The number of hydrogen-bond donors (Lipinski definition) is 1. The lowest BCUT2D eigenvalue weighted by atomic mass is 10.1. The van der Waals surface area contributed by atoms with Crippen LogP contribution in [0.2, 0.25) is 0 Å². The van der Waals surface area contributed by atoms with Crippen molar-refractivity contribution < 1.29 is 14.3 Å². The Morgan fingerprint density at radius 1 is 1.16 bits per heavy atom. The van der Waals surface area contributed by atoms with Crippen molar-refractivity contribution >= 4 is 16.8 Å². The number of nitrogens with zero attached hydrogens (tertiary/aromatic N) is 4. The lowest BCUT2D eigenvalue weighted by Crippen LogP contribution is -2.39. The molecule has 0 aliphatic carbocycles. The predicted octanol–water partition coefficient (Wildman–Crippen LogP) is 3.59. The summed E-state index contributed by atoms with van der Waals surface area (Å²) in [6.07, 6.45) is 3.56. The van der Waals surface area contributed by atoms with Gasteiger partial charge in [0.1, 0.15) is 12.4 Å². The molecule has 158 valence electrons. The Kier molecular flexibility index (Phi) is 4.82. The van der Waals surface area contributed by atoms with E-state index >= 15 is 0 Å². The number of rotatable bonds is 6. The Hall–Kier alpha value is -3.81. The van der Waals surface area contributed by atoms with Gasteiger partial charge >= 0.3 is 0 Å². The van der Waals surface area contributed by atoms with Crippen LogP contribution in [0.25, 0.3) is 22.2 Å². The van der Waals surface area contributed by atoms with Gasteiger partial charge in [-0.25, -0.2) is 4.98 Å². The third-order valence-electron chi connectivity index (χ3n) is 5.41. The second kappa shape index (κ2) is 7.79. The number of imidazole rings is 1. The van der Waals surface area contributed by atoms with Gasteiger partial charge in [0.15, 0.2) is 11.5 Å². The predicted molar refractivity (Wildman–Crippen MR) is 116 cm³/mol. The van der Waals surface area contributed by atoms with Crippen LogP contribution in [0.1, 0.15) is 19.7 Å². The van der Waals surface area contributed by atoms with Gasteiger partial charge in [0.25, 0.3) is 0 Å². The zero-order valence-corrected chi connectivity index (χ0v) is 17.4. The summed E-state index contributed by atoms with van der Waals surface area (Å²) in [7, 11) is 0. The number of fused-ring (bicyclic) bond motifs is 2. The first-order chi connectivity index (χ1) is 15.1. The molecular weight excluding hydrogens is 394 g/mol. The van der Waals surface area contributed by atoms with Crippen molar-refractivity contribution in [2.24, 2.45) is 0 Å². The van der Waals surface area contributed by atoms with E-state index < -0.39 is 0 Å². The van der Waals surface area contributed by atoms with Crippen LogP contribution in [-0.4, -0.2) is 43.4 Å². The summed E-state index contributed by atoms with van der Waals surface area (Å²) in [4.78, 5) is 22.7. The van der Waals surface area contributed by atoms with Crippen LogP contribution in [0.15, 0.2) is 54.9 Å². The van der Waals surface area contributed by atoms with Crippen molar-refractivity contribution in [3.8, 4) is 22.8 Å². The van der Waals surface area contributed by atoms with Crippen molar-refractivity contribution in [3.05, 3.63) is 60.7 Å². The van der Waals surface area contributed by atoms with Gasteiger partial charge in [-0.15, -0.1) is 0 Å². The zero-order valence-electron chi connectivity index (χ0n) is 17.4. The minimum atomic E-state index is -0.00937. The Bertz CT molecular complexity index is 1240. The molecule has 4 aromatic rings. The van der Waals surface area contributed by atoms with Crippen molar-refractivity contribution in [2.45, 2.75) is 33.0 Å².